The molecule has 0 heterocycles. The van der Waals surface area contributed by atoms with Crippen LogP contribution >= 0.6 is 0 Å². The van der Waals surface area contributed by atoms with E-state index in [0.29, 0.717) is 5.56 Å². The second-order valence-electron chi connectivity index (χ2n) is 9.98. The first kappa shape index (κ1) is 31.3. The third kappa shape index (κ3) is 10.4. The van der Waals surface area contributed by atoms with Gasteiger partial charge in [0.25, 0.3) is 0 Å². The van der Waals surface area contributed by atoms with Crippen molar-refractivity contribution in [2.45, 2.75) is 70.3 Å². The Labute approximate surface area is 227 Å². The van der Waals surface area contributed by atoms with Crippen molar-refractivity contribution in [3.05, 3.63) is 65.7 Å². The second kappa shape index (κ2) is 14.8. The number of phenols is 1. The van der Waals surface area contributed by atoms with Crippen LogP contribution in [0.25, 0.3) is 0 Å². The smallest absolute Gasteiger partial charge is 0.328 e. The fraction of sp³-hybridized carbons (Fsp3) is 0.429. The third-order valence-electron chi connectivity index (χ3n) is 6.03. The van der Waals surface area contributed by atoms with Gasteiger partial charge in [-0.2, -0.15) is 0 Å². The number of nitrogens with two attached hydrogens (primary N) is 1. The normalized spacial score (nSPS) is 14.9. The van der Waals surface area contributed by atoms with Crippen molar-refractivity contribution in [2.75, 3.05) is 0 Å². The maximum absolute atomic E-state index is 13.4. The van der Waals surface area contributed by atoms with Crippen molar-refractivity contribution in [3.8, 4) is 5.75 Å². The maximum Gasteiger partial charge on any atom is 0.328 e. The summed E-state index contributed by atoms with van der Waals surface area (Å²) in [5, 5.41) is 36.3. The predicted octanol–water partition coefficient (Wildman–Crippen LogP) is 0.471. The summed E-state index contributed by atoms with van der Waals surface area (Å²) >= 11 is 0. The molecule has 212 valence electrons. The molecule has 0 aliphatic heterocycles. The van der Waals surface area contributed by atoms with E-state index in [1.54, 1.807) is 12.1 Å². The maximum atomic E-state index is 13.4. The molecule has 8 N–H and O–H groups in total. The Kier molecular flexibility index (Phi) is 11.9. The molecule has 0 aromatic heterocycles. The van der Waals surface area contributed by atoms with Crippen molar-refractivity contribution in [1.82, 2.24) is 16.0 Å². The number of benzene rings is 2. The number of nitrogens with one attached hydrogen (secondary N) is 3. The van der Waals surface area contributed by atoms with Gasteiger partial charge in [-0.25, -0.2) is 4.79 Å². The zero-order chi connectivity index (χ0) is 29.1. The molecule has 0 spiro atoms. The van der Waals surface area contributed by atoms with Gasteiger partial charge in [-0.05, 0) is 48.9 Å². The van der Waals surface area contributed by atoms with Crippen molar-refractivity contribution in [1.29, 1.82) is 0 Å². The summed E-state index contributed by atoms with van der Waals surface area (Å²) in [6.07, 6.45) is -0.908. The largest absolute Gasteiger partial charge is 0.508 e. The number of aliphatic carboxylic acids is 1. The molecule has 2 aromatic carbocycles. The van der Waals surface area contributed by atoms with Gasteiger partial charge in [0.05, 0.1) is 12.1 Å². The van der Waals surface area contributed by atoms with E-state index in [1.807, 2.05) is 44.2 Å². The van der Waals surface area contributed by atoms with Gasteiger partial charge in [-0.15, -0.1) is 0 Å². The number of amides is 3. The number of rotatable bonds is 14. The lowest BCUT2D eigenvalue weighted by Crippen LogP contribution is -2.59. The van der Waals surface area contributed by atoms with E-state index >= 15 is 0 Å². The number of carboxylic acid groups (broad SMARTS) is 1. The molecule has 39 heavy (non-hydrogen) atoms. The average Bonchev–Trinajstić information content (AvgIpc) is 2.87. The van der Waals surface area contributed by atoms with Crippen molar-refractivity contribution in [2.24, 2.45) is 11.7 Å². The zero-order valence-electron chi connectivity index (χ0n) is 22.3. The van der Waals surface area contributed by atoms with Crippen LogP contribution in [0.5, 0.6) is 5.75 Å². The predicted molar refractivity (Wildman–Crippen MR) is 144 cm³/mol. The lowest BCUT2D eigenvalue weighted by Gasteiger charge is -2.26. The molecule has 2 aromatic rings. The van der Waals surface area contributed by atoms with Crippen LogP contribution in [-0.2, 0) is 32.0 Å². The summed E-state index contributed by atoms with van der Waals surface area (Å²) in [4.78, 5) is 50.8. The third-order valence-corrected chi connectivity index (χ3v) is 6.03. The number of carbonyl (C=O) groups excluding carboxylic acids is 3. The van der Waals surface area contributed by atoms with Crippen LogP contribution in [-0.4, -0.2) is 69.3 Å². The Morgan fingerprint density at radius 1 is 0.769 bits per heavy atom. The highest BCUT2D eigenvalue weighted by Gasteiger charge is 2.32. The van der Waals surface area contributed by atoms with E-state index in [4.69, 9.17) is 5.73 Å². The molecule has 3 amide bonds. The molecule has 0 aliphatic rings. The zero-order valence-corrected chi connectivity index (χ0v) is 22.3. The minimum atomic E-state index is -1.60. The van der Waals surface area contributed by atoms with Gasteiger partial charge in [0.15, 0.2) is 6.04 Å². The van der Waals surface area contributed by atoms with E-state index < -0.39 is 54.0 Å². The van der Waals surface area contributed by atoms with Crippen molar-refractivity contribution < 1.29 is 34.5 Å². The van der Waals surface area contributed by atoms with E-state index in [9.17, 15) is 34.5 Å². The molecular weight excluding hydrogens is 504 g/mol. The first-order valence-electron chi connectivity index (χ1n) is 12.8. The highest BCUT2D eigenvalue weighted by atomic mass is 16.4. The monoisotopic (exact) mass is 542 g/mol. The first-order chi connectivity index (χ1) is 18.4. The lowest BCUT2D eigenvalue weighted by atomic mass is 9.99. The van der Waals surface area contributed by atoms with Crippen LogP contribution in [0.1, 0.15) is 38.3 Å². The topological polar surface area (TPSA) is 191 Å². The molecule has 5 atom stereocenters. The molecule has 0 saturated heterocycles. The molecule has 0 bridgehead atoms. The van der Waals surface area contributed by atoms with E-state index in [0.717, 1.165) is 5.56 Å². The Hall–Kier alpha value is -3.96. The van der Waals surface area contributed by atoms with Gasteiger partial charge in [0.1, 0.15) is 17.8 Å². The second-order valence-corrected chi connectivity index (χ2v) is 9.98. The number of phenolic OH excluding ortho intramolecular Hbond substituents is 1. The van der Waals surface area contributed by atoms with Gasteiger partial charge in [-0.1, -0.05) is 56.3 Å². The summed E-state index contributed by atoms with van der Waals surface area (Å²) in [5.74, 6) is -3.44. The standard InChI is InChI=1S/C28H38N4O7/c1-16(2)13-22(30-25(35)21(29)14-18-7-5-4-6-8-18)26(36)31-23(15-19-9-11-20(34)12-10-19)27(37)32-24(17(3)33)28(38)39/h4-12,16-17,21-24,33-34H,13-15,29H2,1-3H3,(H,30,35)(H,31,36)(H,32,37)(H,38,39). The van der Waals surface area contributed by atoms with Gasteiger partial charge < -0.3 is 37.0 Å². The fourth-order valence-corrected chi connectivity index (χ4v) is 3.93. The summed E-state index contributed by atoms with van der Waals surface area (Å²) in [6, 6.07) is 10.4. The summed E-state index contributed by atoms with van der Waals surface area (Å²) in [5.41, 5.74) is 7.53. The Bertz CT molecular complexity index is 1110. The fourth-order valence-electron chi connectivity index (χ4n) is 3.93. The van der Waals surface area contributed by atoms with Crippen LogP contribution in [0, 0.1) is 5.92 Å². The Morgan fingerprint density at radius 2 is 1.31 bits per heavy atom. The molecule has 0 fully saturated rings. The Morgan fingerprint density at radius 3 is 1.85 bits per heavy atom. The van der Waals surface area contributed by atoms with Crippen molar-refractivity contribution in [3.63, 3.8) is 0 Å². The first-order valence-corrected chi connectivity index (χ1v) is 12.8. The Balaban J connectivity index is 2.22. The van der Waals surface area contributed by atoms with Crippen LogP contribution in [0.2, 0.25) is 0 Å². The molecule has 2 rings (SSSR count). The van der Waals surface area contributed by atoms with Crippen LogP contribution < -0.4 is 21.7 Å². The number of carbonyl (C=O) groups is 4. The summed E-state index contributed by atoms with van der Waals surface area (Å²) in [6.45, 7) is 4.97. The number of aliphatic hydroxyl groups is 1. The molecule has 0 aliphatic carbocycles. The van der Waals surface area contributed by atoms with E-state index in [-0.39, 0.29) is 30.9 Å². The molecule has 11 heteroatoms. The van der Waals surface area contributed by atoms with Crippen LogP contribution in [0.15, 0.2) is 54.6 Å². The van der Waals surface area contributed by atoms with Crippen LogP contribution in [0.4, 0.5) is 0 Å². The number of aliphatic hydroxyl groups excluding tert-OH is 1. The van der Waals surface area contributed by atoms with Crippen molar-refractivity contribution >= 4 is 23.7 Å². The molecule has 11 nitrogen and oxygen atoms in total. The summed E-state index contributed by atoms with van der Waals surface area (Å²) < 4.78 is 0. The highest BCUT2D eigenvalue weighted by Crippen LogP contribution is 2.13. The van der Waals surface area contributed by atoms with E-state index in [1.165, 1.54) is 19.1 Å². The van der Waals surface area contributed by atoms with E-state index in [2.05, 4.69) is 16.0 Å². The van der Waals surface area contributed by atoms with Crippen LogP contribution in [0.3, 0.4) is 0 Å². The molecular formula is C28H38N4O7. The minimum Gasteiger partial charge on any atom is -0.508 e. The quantitative estimate of drug-likeness (QED) is 0.179. The number of carboxylic acids is 1. The highest BCUT2D eigenvalue weighted by molar-refractivity contribution is 5.94. The minimum absolute atomic E-state index is 0.00222. The molecule has 0 saturated carbocycles. The van der Waals surface area contributed by atoms with Gasteiger partial charge in [-0.3, -0.25) is 14.4 Å². The van der Waals surface area contributed by atoms with Gasteiger partial charge >= 0.3 is 5.97 Å². The SMILES string of the molecule is CC(C)CC(NC(=O)C(N)Cc1ccccc1)C(=O)NC(Cc1ccc(O)cc1)C(=O)NC(C(=O)O)C(C)O. The number of aromatic hydroxyl groups is 1. The number of hydrogen-bond acceptors (Lipinski definition) is 7. The number of hydrogen-bond donors (Lipinski definition) is 7. The average molecular weight is 543 g/mol. The summed E-state index contributed by atoms with van der Waals surface area (Å²) in [7, 11) is 0. The van der Waals surface area contributed by atoms with Gasteiger partial charge in [0, 0.05) is 6.42 Å². The van der Waals surface area contributed by atoms with Gasteiger partial charge in [0.2, 0.25) is 17.7 Å². The molecule has 0 radical (unpaired) electrons. The lowest BCUT2D eigenvalue weighted by molar-refractivity contribution is -0.145. The molecule has 5 unspecified atom stereocenters.